The number of thiocarbonyl (C=S) groups is 1. The van der Waals surface area contributed by atoms with Crippen LogP contribution < -0.4 is 10.6 Å². The zero-order valence-electron chi connectivity index (χ0n) is 9.48. The fourth-order valence-electron chi connectivity index (χ4n) is 1.40. The predicted molar refractivity (Wildman–Crippen MR) is 68.0 cm³/mol. The number of aromatic nitrogens is 1. The molecule has 0 radical (unpaired) electrons. The van der Waals surface area contributed by atoms with Gasteiger partial charge in [0.25, 0.3) is 0 Å². The Kier molecular flexibility index (Phi) is 4.61. The van der Waals surface area contributed by atoms with E-state index in [-0.39, 0.29) is 11.7 Å². The summed E-state index contributed by atoms with van der Waals surface area (Å²) in [5.74, 6) is 0.0731. The Morgan fingerprint density at radius 2 is 2.38 bits per heavy atom. The zero-order valence-corrected chi connectivity index (χ0v) is 10.3. The lowest BCUT2D eigenvalue weighted by Crippen LogP contribution is -2.34. The van der Waals surface area contributed by atoms with Crippen LogP contribution in [0.15, 0.2) is 18.3 Å². The second kappa shape index (κ2) is 5.75. The molecule has 1 unspecified atom stereocenters. The van der Waals surface area contributed by atoms with E-state index in [9.17, 15) is 4.39 Å². The van der Waals surface area contributed by atoms with Crippen molar-refractivity contribution in [2.45, 2.75) is 13.8 Å². The van der Waals surface area contributed by atoms with Crippen molar-refractivity contribution in [3.8, 4) is 0 Å². The summed E-state index contributed by atoms with van der Waals surface area (Å²) in [6.45, 7) is 5.12. The van der Waals surface area contributed by atoms with E-state index < -0.39 is 0 Å². The second-order valence-electron chi connectivity index (χ2n) is 3.65. The molecule has 88 valence electrons. The highest BCUT2D eigenvalue weighted by Gasteiger charge is 2.15. The molecule has 0 saturated carbocycles. The number of pyridine rings is 1. The standard InChI is InChI=1S/C11H16FN3S/c1-3-15(7-8(2)10(13)16)11-9(12)5-4-6-14-11/h4-6,8H,3,7H2,1-2H3,(H2,13,16). The van der Waals surface area contributed by atoms with Crippen molar-refractivity contribution < 1.29 is 4.39 Å². The molecule has 0 spiro atoms. The van der Waals surface area contributed by atoms with Crippen LogP contribution in [0.2, 0.25) is 0 Å². The molecule has 16 heavy (non-hydrogen) atoms. The minimum atomic E-state index is -0.320. The van der Waals surface area contributed by atoms with Crippen LogP contribution in [-0.2, 0) is 0 Å². The zero-order chi connectivity index (χ0) is 12.1. The Morgan fingerprint density at radius 3 is 2.88 bits per heavy atom. The van der Waals surface area contributed by atoms with E-state index in [1.165, 1.54) is 6.07 Å². The Balaban J connectivity index is 2.83. The van der Waals surface area contributed by atoms with Crippen LogP contribution in [0.4, 0.5) is 10.2 Å². The highest BCUT2D eigenvalue weighted by atomic mass is 32.1. The van der Waals surface area contributed by atoms with Crippen molar-refractivity contribution in [2.75, 3.05) is 18.0 Å². The first-order valence-electron chi connectivity index (χ1n) is 5.21. The Hall–Kier alpha value is -1.23. The molecule has 1 aromatic heterocycles. The lowest BCUT2D eigenvalue weighted by molar-refractivity contribution is 0.601. The Morgan fingerprint density at radius 1 is 1.69 bits per heavy atom. The first-order chi connectivity index (χ1) is 7.56. The van der Waals surface area contributed by atoms with Gasteiger partial charge in [0.1, 0.15) is 0 Å². The van der Waals surface area contributed by atoms with Crippen LogP contribution in [0.25, 0.3) is 0 Å². The normalized spacial score (nSPS) is 12.2. The molecule has 0 fully saturated rings. The molecule has 1 atom stereocenters. The summed E-state index contributed by atoms with van der Waals surface area (Å²) in [6.07, 6.45) is 1.58. The van der Waals surface area contributed by atoms with Crippen molar-refractivity contribution in [3.63, 3.8) is 0 Å². The average molecular weight is 241 g/mol. The molecule has 0 aliphatic rings. The van der Waals surface area contributed by atoms with Crippen molar-refractivity contribution >= 4 is 23.0 Å². The molecular weight excluding hydrogens is 225 g/mol. The van der Waals surface area contributed by atoms with Gasteiger partial charge < -0.3 is 10.6 Å². The van der Waals surface area contributed by atoms with Crippen LogP contribution in [0, 0.1) is 11.7 Å². The highest BCUT2D eigenvalue weighted by molar-refractivity contribution is 7.80. The monoisotopic (exact) mass is 241 g/mol. The van der Waals surface area contributed by atoms with Gasteiger partial charge in [-0.3, -0.25) is 0 Å². The third-order valence-corrected chi connectivity index (χ3v) is 2.80. The van der Waals surface area contributed by atoms with Gasteiger partial charge in [-0.05, 0) is 19.1 Å². The van der Waals surface area contributed by atoms with Gasteiger partial charge in [-0.25, -0.2) is 9.37 Å². The first-order valence-corrected chi connectivity index (χ1v) is 5.61. The van der Waals surface area contributed by atoms with Gasteiger partial charge in [0.15, 0.2) is 11.6 Å². The Labute approximate surface area is 100 Å². The molecule has 0 aliphatic carbocycles. The minimum Gasteiger partial charge on any atom is -0.393 e. The SMILES string of the molecule is CCN(CC(C)C(N)=S)c1ncccc1F. The van der Waals surface area contributed by atoms with Crippen molar-refractivity contribution in [1.82, 2.24) is 4.98 Å². The molecule has 1 heterocycles. The minimum absolute atomic E-state index is 0.0383. The number of anilines is 1. The molecule has 2 N–H and O–H groups in total. The van der Waals surface area contributed by atoms with Gasteiger partial charge in [-0.2, -0.15) is 0 Å². The van der Waals surface area contributed by atoms with E-state index in [2.05, 4.69) is 4.98 Å². The molecule has 0 saturated heterocycles. The summed E-state index contributed by atoms with van der Waals surface area (Å²) in [5.41, 5.74) is 5.55. The highest BCUT2D eigenvalue weighted by Crippen LogP contribution is 2.16. The topological polar surface area (TPSA) is 42.1 Å². The molecule has 3 nitrogen and oxygen atoms in total. The van der Waals surface area contributed by atoms with Crippen LogP contribution in [-0.4, -0.2) is 23.1 Å². The van der Waals surface area contributed by atoms with Gasteiger partial charge >= 0.3 is 0 Å². The molecule has 5 heteroatoms. The maximum Gasteiger partial charge on any atom is 0.165 e. The average Bonchev–Trinajstić information content (AvgIpc) is 2.26. The number of halogens is 1. The summed E-state index contributed by atoms with van der Waals surface area (Å²) in [5, 5.41) is 0. The summed E-state index contributed by atoms with van der Waals surface area (Å²) in [7, 11) is 0. The third-order valence-electron chi connectivity index (χ3n) is 2.40. The summed E-state index contributed by atoms with van der Waals surface area (Å²) < 4.78 is 13.5. The fraction of sp³-hybridized carbons (Fsp3) is 0.455. The van der Waals surface area contributed by atoms with Gasteiger partial charge in [0, 0.05) is 25.2 Å². The fourth-order valence-corrected chi connectivity index (χ4v) is 1.47. The largest absolute Gasteiger partial charge is 0.393 e. The third kappa shape index (κ3) is 3.13. The van der Waals surface area contributed by atoms with E-state index in [0.717, 1.165) is 0 Å². The molecule has 0 aromatic carbocycles. The maximum atomic E-state index is 13.5. The van der Waals surface area contributed by atoms with E-state index in [1.54, 1.807) is 12.3 Å². The smallest absolute Gasteiger partial charge is 0.165 e. The van der Waals surface area contributed by atoms with Crippen molar-refractivity contribution in [1.29, 1.82) is 0 Å². The van der Waals surface area contributed by atoms with E-state index in [0.29, 0.717) is 23.9 Å². The quantitative estimate of drug-likeness (QED) is 0.800. The Bertz CT molecular complexity index is 370. The lowest BCUT2D eigenvalue weighted by atomic mass is 10.1. The number of hydrogen-bond acceptors (Lipinski definition) is 3. The molecule has 0 amide bonds. The van der Waals surface area contributed by atoms with E-state index in [4.69, 9.17) is 18.0 Å². The van der Waals surface area contributed by atoms with E-state index in [1.807, 2.05) is 18.7 Å². The van der Waals surface area contributed by atoms with E-state index >= 15 is 0 Å². The molecular formula is C11H16FN3S. The van der Waals surface area contributed by atoms with Gasteiger partial charge in [-0.1, -0.05) is 19.1 Å². The molecule has 1 aromatic rings. The molecule has 1 rings (SSSR count). The lowest BCUT2D eigenvalue weighted by Gasteiger charge is -2.25. The van der Waals surface area contributed by atoms with Crippen LogP contribution in [0.5, 0.6) is 0 Å². The van der Waals surface area contributed by atoms with Crippen molar-refractivity contribution in [3.05, 3.63) is 24.1 Å². The van der Waals surface area contributed by atoms with Gasteiger partial charge in [0.2, 0.25) is 0 Å². The number of hydrogen-bond donors (Lipinski definition) is 1. The summed E-state index contributed by atoms with van der Waals surface area (Å²) >= 11 is 4.90. The molecule has 0 bridgehead atoms. The second-order valence-corrected chi connectivity index (χ2v) is 4.12. The number of nitrogens with zero attached hydrogens (tertiary/aromatic N) is 2. The van der Waals surface area contributed by atoms with Crippen LogP contribution in [0.3, 0.4) is 0 Å². The van der Waals surface area contributed by atoms with Crippen LogP contribution in [0.1, 0.15) is 13.8 Å². The summed E-state index contributed by atoms with van der Waals surface area (Å²) in [6, 6.07) is 2.97. The predicted octanol–water partition coefficient (Wildman–Crippen LogP) is 1.97. The van der Waals surface area contributed by atoms with Crippen LogP contribution >= 0.6 is 12.2 Å². The molecule has 0 aliphatic heterocycles. The van der Waals surface area contributed by atoms with Crippen molar-refractivity contribution in [2.24, 2.45) is 11.7 Å². The maximum absolute atomic E-state index is 13.5. The number of nitrogens with two attached hydrogens (primary N) is 1. The van der Waals surface area contributed by atoms with Gasteiger partial charge in [-0.15, -0.1) is 0 Å². The first kappa shape index (κ1) is 12.8. The summed E-state index contributed by atoms with van der Waals surface area (Å²) in [4.78, 5) is 6.30. The number of rotatable bonds is 5. The van der Waals surface area contributed by atoms with Gasteiger partial charge in [0.05, 0.1) is 4.99 Å².